The second-order valence-electron chi connectivity index (χ2n) is 13.0. The van der Waals surface area contributed by atoms with E-state index in [-0.39, 0.29) is 41.8 Å². The van der Waals surface area contributed by atoms with Gasteiger partial charge in [-0.2, -0.15) is 13.2 Å². The van der Waals surface area contributed by atoms with E-state index >= 15 is 0 Å². The van der Waals surface area contributed by atoms with Crippen LogP contribution in [0.2, 0.25) is 0 Å². The van der Waals surface area contributed by atoms with Crippen molar-refractivity contribution in [2.45, 2.75) is 89.0 Å². The highest BCUT2D eigenvalue weighted by atomic mass is 32.2. The van der Waals surface area contributed by atoms with E-state index in [0.717, 1.165) is 74.2 Å². The predicted molar refractivity (Wildman–Crippen MR) is 208 cm³/mol. The molecule has 55 heavy (non-hydrogen) atoms. The van der Waals surface area contributed by atoms with E-state index < -0.39 is 23.4 Å². The standard InChI is InChI=1S/C39H37F5N2O3S.C4H10O/c1-3-8-31(9-4-2)49-46(23-26-14-16-27(17-15-26)28-18-20-30(21-19-28)39(42,43)44)36(48)24-45-34-13-6-5-11-32(34)35(47)22-37(45)50-25-29-10-7-12-33(40)38(29)41;1-3-4-5-2/h5-7,10-22,31H,3-4,8-9,23-25H2,1-2H3;3-4H2,1-2H3. The van der Waals surface area contributed by atoms with Gasteiger partial charge in [0.1, 0.15) is 6.54 Å². The number of carbonyl (C=O) groups excluding carboxylic acids is 1. The molecule has 0 spiro atoms. The van der Waals surface area contributed by atoms with Crippen LogP contribution >= 0.6 is 11.8 Å². The summed E-state index contributed by atoms with van der Waals surface area (Å²) in [4.78, 5) is 33.7. The van der Waals surface area contributed by atoms with Crippen molar-refractivity contribution in [1.29, 1.82) is 0 Å². The number of hydroxylamine groups is 2. The summed E-state index contributed by atoms with van der Waals surface area (Å²) in [6, 6.07) is 24.3. The molecule has 4 aromatic carbocycles. The Balaban J connectivity index is 0.00000126. The maximum atomic E-state index is 14.5. The Morgan fingerprint density at radius 3 is 2.05 bits per heavy atom. The Morgan fingerprint density at radius 1 is 0.836 bits per heavy atom. The number of ether oxygens (including phenoxy) is 1. The van der Waals surface area contributed by atoms with E-state index in [1.165, 1.54) is 35.4 Å². The van der Waals surface area contributed by atoms with Crippen LogP contribution in [0, 0.1) is 11.6 Å². The van der Waals surface area contributed by atoms with Gasteiger partial charge in [0.05, 0.1) is 28.8 Å². The van der Waals surface area contributed by atoms with Gasteiger partial charge in [0.15, 0.2) is 17.1 Å². The Kier molecular flexibility index (Phi) is 16.5. The lowest BCUT2D eigenvalue weighted by Gasteiger charge is -2.28. The van der Waals surface area contributed by atoms with Crippen LogP contribution in [-0.4, -0.2) is 35.4 Å². The molecule has 294 valence electrons. The van der Waals surface area contributed by atoms with Crippen LogP contribution < -0.4 is 5.43 Å². The molecule has 0 N–H and O–H groups in total. The minimum atomic E-state index is -4.42. The maximum absolute atomic E-state index is 14.5. The smallest absolute Gasteiger partial charge is 0.385 e. The molecule has 0 fully saturated rings. The van der Waals surface area contributed by atoms with Gasteiger partial charge in [-0.3, -0.25) is 14.4 Å². The average Bonchev–Trinajstić information content (AvgIpc) is 3.17. The van der Waals surface area contributed by atoms with Gasteiger partial charge in [-0.15, -0.1) is 11.8 Å². The van der Waals surface area contributed by atoms with Crippen molar-refractivity contribution in [1.82, 2.24) is 9.63 Å². The van der Waals surface area contributed by atoms with E-state index in [4.69, 9.17) is 9.57 Å². The summed E-state index contributed by atoms with van der Waals surface area (Å²) >= 11 is 1.12. The van der Waals surface area contributed by atoms with E-state index in [1.807, 2.05) is 13.8 Å². The number of rotatable bonds is 16. The lowest BCUT2D eigenvalue weighted by Crippen LogP contribution is -2.37. The van der Waals surface area contributed by atoms with Crippen LogP contribution in [0.3, 0.4) is 0 Å². The van der Waals surface area contributed by atoms with Gasteiger partial charge < -0.3 is 9.30 Å². The minimum Gasteiger partial charge on any atom is -0.385 e. The first-order valence-corrected chi connectivity index (χ1v) is 19.3. The molecule has 5 rings (SSSR count). The Hall–Kier alpha value is -4.52. The van der Waals surface area contributed by atoms with Crippen molar-refractivity contribution in [2.24, 2.45) is 0 Å². The zero-order valence-electron chi connectivity index (χ0n) is 31.5. The first kappa shape index (κ1) is 43.2. The second-order valence-corrected chi connectivity index (χ2v) is 13.9. The number of amides is 1. The molecule has 0 aliphatic rings. The molecule has 6 nitrogen and oxygen atoms in total. The first-order chi connectivity index (χ1) is 26.4. The Bertz CT molecular complexity index is 2030. The number of benzene rings is 4. The number of para-hydroxylation sites is 1. The summed E-state index contributed by atoms with van der Waals surface area (Å²) in [7, 11) is 1.71. The van der Waals surface area contributed by atoms with Gasteiger partial charge >= 0.3 is 6.18 Å². The predicted octanol–water partition coefficient (Wildman–Crippen LogP) is 11.2. The molecule has 0 aliphatic carbocycles. The lowest BCUT2D eigenvalue weighted by molar-refractivity contribution is -0.213. The molecular weight excluding hydrogens is 736 g/mol. The van der Waals surface area contributed by atoms with Crippen LogP contribution in [0.4, 0.5) is 22.0 Å². The third-order valence-electron chi connectivity index (χ3n) is 8.69. The summed E-state index contributed by atoms with van der Waals surface area (Å²) in [5.74, 6) is -2.30. The Morgan fingerprint density at radius 2 is 1.47 bits per heavy atom. The molecule has 0 atom stereocenters. The number of aromatic nitrogens is 1. The molecule has 0 aliphatic heterocycles. The second kappa shape index (κ2) is 21.0. The molecule has 1 aromatic heterocycles. The number of methoxy groups -OCH3 is 1. The lowest BCUT2D eigenvalue weighted by atomic mass is 10.0. The van der Waals surface area contributed by atoms with E-state index in [1.54, 1.807) is 60.2 Å². The van der Waals surface area contributed by atoms with Crippen molar-refractivity contribution < 1.29 is 36.3 Å². The number of hydrogen-bond acceptors (Lipinski definition) is 5. The summed E-state index contributed by atoms with van der Waals surface area (Å²) in [5, 5.41) is 2.14. The summed E-state index contributed by atoms with van der Waals surface area (Å²) in [6.07, 6.45) is -0.386. The normalized spacial score (nSPS) is 11.5. The van der Waals surface area contributed by atoms with Crippen LogP contribution in [-0.2, 0) is 39.4 Å². The highest BCUT2D eigenvalue weighted by Crippen LogP contribution is 2.32. The number of thioether (sulfide) groups is 1. The van der Waals surface area contributed by atoms with Gasteiger partial charge in [-0.05, 0) is 66.3 Å². The molecule has 5 aromatic rings. The van der Waals surface area contributed by atoms with Crippen molar-refractivity contribution in [3.63, 3.8) is 0 Å². The van der Waals surface area contributed by atoms with Crippen molar-refractivity contribution >= 4 is 28.6 Å². The maximum Gasteiger partial charge on any atom is 0.416 e. The molecule has 0 radical (unpaired) electrons. The van der Waals surface area contributed by atoms with Gasteiger partial charge in [-0.1, -0.05) is 94.3 Å². The molecule has 12 heteroatoms. The third-order valence-corrected chi connectivity index (χ3v) is 9.78. The Labute approximate surface area is 323 Å². The van der Waals surface area contributed by atoms with Crippen LogP contribution in [0.5, 0.6) is 0 Å². The summed E-state index contributed by atoms with van der Waals surface area (Å²) < 4.78 is 74.0. The minimum absolute atomic E-state index is 0.0239. The van der Waals surface area contributed by atoms with Gasteiger partial charge in [0.25, 0.3) is 5.91 Å². The number of fused-ring (bicyclic) bond motifs is 1. The quantitative estimate of drug-likeness (QED) is 0.0567. The van der Waals surface area contributed by atoms with Gasteiger partial charge in [0.2, 0.25) is 0 Å². The first-order valence-electron chi connectivity index (χ1n) is 18.3. The fourth-order valence-corrected chi connectivity index (χ4v) is 6.93. The number of nitrogens with zero attached hydrogens (tertiary/aromatic N) is 2. The highest BCUT2D eigenvalue weighted by Gasteiger charge is 2.30. The van der Waals surface area contributed by atoms with Crippen molar-refractivity contribution in [3.8, 4) is 11.1 Å². The SMILES string of the molecule is CCCC(CCC)ON(Cc1ccc(-c2ccc(C(F)(F)F)cc2)cc1)C(=O)Cn1c(SCc2cccc(F)c2F)cc(=O)c2ccccc21.CCCOC. The van der Waals surface area contributed by atoms with Crippen molar-refractivity contribution in [2.75, 3.05) is 13.7 Å². The van der Waals surface area contributed by atoms with E-state index in [0.29, 0.717) is 27.1 Å². The number of alkyl halides is 3. The molecule has 0 unspecified atom stereocenters. The number of hydrogen-bond donors (Lipinski definition) is 0. The van der Waals surface area contributed by atoms with Crippen molar-refractivity contribution in [3.05, 3.63) is 136 Å². The topological polar surface area (TPSA) is 60.8 Å². The van der Waals surface area contributed by atoms with Gasteiger partial charge in [-0.25, -0.2) is 13.8 Å². The molecule has 0 saturated carbocycles. The molecular formula is C43H47F5N2O4S. The number of pyridine rings is 1. The van der Waals surface area contributed by atoms with E-state index in [2.05, 4.69) is 6.92 Å². The fraction of sp³-hybridized carbons (Fsp3) is 0.349. The monoisotopic (exact) mass is 782 g/mol. The fourth-order valence-electron chi connectivity index (χ4n) is 5.89. The zero-order valence-corrected chi connectivity index (χ0v) is 32.3. The number of carbonyl (C=O) groups is 1. The molecule has 0 saturated heterocycles. The largest absolute Gasteiger partial charge is 0.416 e. The van der Waals surface area contributed by atoms with Crippen LogP contribution in [0.25, 0.3) is 22.0 Å². The van der Waals surface area contributed by atoms with Crippen LogP contribution in [0.1, 0.15) is 69.6 Å². The average molecular weight is 783 g/mol. The molecule has 1 heterocycles. The van der Waals surface area contributed by atoms with Crippen LogP contribution in [0.15, 0.2) is 107 Å². The third kappa shape index (κ3) is 12.2. The summed E-state index contributed by atoms with van der Waals surface area (Å²) in [5.41, 5.74) is 1.71. The highest BCUT2D eigenvalue weighted by molar-refractivity contribution is 7.98. The summed E-state index contributed by atoms with van der Waals surface area (Å²) in [6.45, 7) is 6.93. The molecule has 0 bridgehead atoms. The molecule has 1 amide bonds. The number of halogens is 5. The van der Waals surface area contributed by atoms with E-state index in [9.17, 15) is 31.5 Å². The zero-order chi connectivity index (χ0) is 40.0. The van der Waals surface area contributed by atoms with Gasteiger partial charge in [0, 0.05) is 36.5 Å².